The lowest BCUT2D eigenvalue weighted by Crippen LogP contribution is -2.49. The topological polar surface area (TPSA) is 57.2 Å². The van der Waals surface area contributed by atoms with E-state index < -0.39 is 6.10 Å². The molecule has 6 aliphatic rings. The summed E-state index contributed by atoms with van der Waals surface area (Å²) in [5, 5.41) is 9.75. The Morgan fingerprint density at radius 2 is 1.50 bits per heavy atom. The van der Waals surface area contributed by atoms with E-state index in [-0.39, 0.29) is 18.3 Å². The summed E-state index contributed by atoms with van der Waals surface area (Å²) in [5.41, 5.74) is 0. The minimum absolute atomic E-state index is 0.0982. The number of hydrogen-bond donors (Lipinski definition) is 1. The lowest BCUT2D eigenvalue weighted by Gasteiger charge is -2.53. The standard InChI is InChI=1S/C17H26O5/c18-13-6-19-17-14(7-20-16(13)17)21-8-22-15-11-2-9-1-10(4-11)5-12(15)3-9/h9-18H,1-8H2/t9?,10?,11?,12?,13-,14-,15?,16-,17-/m1/s1. The first-order valence-corrected chi connectivity index (χ1v) is 8.92. The summed E-state index contributed by atoms with van der Waals surface area (Å²) in [6.07, 6.45) is 6.38. The molecule has 6 fully saturated rings. The fraction of sp³-hybridized carbons (Fsp3) is 1.00. The molecule has 0 aromatic carbocycles. The predicted octanol–water partition coefficient (Wildman–Crippen LogP) is 1.33. The molecule has 22 heavy (non-hydrogen) atoms. The van der Waals surface area contributed by atoms with Crippen molar-refractivity contribution < 1.29 is 24.1 Å². The van der Waals surface area contributed by atoms with Crippen molar-refractivity contribution in [1.29, 1.82) is 0 Å². The van der Waals surface area contributed by atoms with E-state index in [0.29, 0.717) is 26.1 Å². The minimum Gasteiger partial charge on any atom is -0.388 e. The van der Waals surface area contributed by atoms with E-state index in [1.807, 2.05) is 0 Å². The van der Waals surface area contributed by atoms with E-state index >= 15 is 0 Å². The van der Waals surface area contributed by atoms with Crippen LogP contribution in [-0.4, -0.2) is 55.6 Å². The van der Waals surface area contributed by atoms with Crippen molar-refractivity contribution in [3.05, 3.63) is 0 Å². The van der Waals surface area contributed by atoms with Crippen molar-refractivity contribution >= 4 is 0 Å². The van der Waals surface area contributed by atoms with E-state index in [4.69, 9.17) is 18.9 Å². The van der Waals surface area contributed by atoms with Crippen LogP contribution in [0.4, 0.5) is 0 Å². The van der Waals surface area contributed by atoms with Gasteiger partial charge in [0.1, 0.15) is 31.2 Å². The van der Waals surface area contributed by atoms with E-state index in [9.17, 15) is 5.11 Å². The molecule has 4 saturated carbocycles. The zero-order chi connectivity index (χ0) is 14.7. The van der Waals surface area contributed by atoms with Crippen LogP contribution < -0.4 is 0 Å². The molecule has 0 radical (unpaired) electrons. The third kappa shape index (κ3) is 2.25. The molecule has 5 heteroatoms. The Bertz CT molecular complexity index is 399. The SMILES string of the molecule is O[C@@H]1CO[C@H]2[C@@H]1OC[C@H]2OCOC1C2CC3CC(C2)CC1C3. The molecule has 0 amide bonds. The summed E-state index contributed by atoms with van der Waals surface area (Å²) in [6.45, 7) is 1.19. The normalized spacial score (nSPS) is 55.8. The van der Waals surface area contributed by atoms with Gasteiger partial charge in [0.2, 0.25) is 0 Å². The van der Waals surface area contributed by atoms with E-state index in [2.05, 4.69) is 0 Å². The smallest absolute Gasteiger partial charge is 0.147 e. The van der Waals surface area contributed by atoms with Crippen LogP contribution in [0.1, 0.15) is 32.1 Å². The maximum absolute atomic E-state index is 9.75. The molecule has 2 heterocycles. The first-order valence-electron chi connectivity index (χ1n) is 8.92. The number of aliphatic hydroxyl groups is 1. The molecule has 0 aromatic heterocycles. The van der Waals surface area contributed by atoms with Crippen molar-refractivity contribution in [3.8, 4) is 0 Å². The Balaban J connectivity index is 1.14. The van der Waals surface area contributed by atoms with Crippen molar-refractivity contribution in [2.24, 2.45) is 23.7 Å². The zero-order valence-electron chi connectivity index (χ0n) is 12.9. The van der Waals surface area contributed by atoms with Gasteiger partial charge in [0.25, 0.3) is 0 Å². The Morgan fingerprint density at radius 1 is 0.818 bits per heavy atom. The Labute approximate surface area is 131 Å². The summed E-state index contributed by atoms with van der Waals surface area (Å²) in [6, 6.07) is 0. The largest absolute Gasteiger partial charge is 0.388 e. The van der Waals surface area contributed by atoms with Crippen LogP contribution in [0.5, 0.6) is 0 Å². The van der Waals surface area contributed by atoms with Gasteiger partial charge in [-0.05, 0) is 55.8 Å². The lowest BCUT2D eigenvalue weighted by molar-refractivity contribution is -0.194. The van der Waals surface area contributed by atoms with Crippen molar-refractivity contribution in [1.82, 2.24) is 0 Å². The van der Waals surface area contributed by atoms with Gasteiger partial charge in [-0.25, -0.2) is 0 Å². The van der Waals surface area contributed by atoms with Crippen molar-refractivity contribution in [2.75, 3.05) is 20.0 Å². The summed E-state index contributed by atoms with van der Waals surface area (Å²) in [7, 11) is 0. The number of rotatable bonds is 4. The molecule has 0 unspecified atom stereocenters. The van der Waals surface area contributed by atoms with Gasteiger partial charge in [0.05, 0.1) is 19.3 Å². The van der Waals surface area contributed by atoms with Crippen LogP contribution in [0.25, 0.3) is 0 Å². The van der Waals surface area contributed by atoms with E-state index in [1.165, 1.54) is 32.1 Å². The molecule has 2 aliphatic heterocycles. The van der Waals surface area contributed by atoms with Gasteiger partial charge in [0, 0.05) is 0 Å². The van der Waals surface area contributed by atoms with Gasteiger partial charge >= 0.3 is 0 Å². The van der Waals surface area contributed by atoms with Crippen molar-refractivity contribution in [3.63, 3.8) is 0 Å². The average Bonchev–Trinajstić information content (AvgIpc) is 3.05. The van der Waals surface area contributed by atoms with Gasteiger partial charge in [-0.2, -0.15) is 0 Å². The summed E-state index contributed by atoms with van der Waals surface area (Å²) >= 11 is 0. The van der Waals surface area contributed by atoms with Crippen LogP contribution in [0.15, 0.2) is 0 Å². The van der Waals surface area contributed by atoms with Crippen molar-refractivity contribution in [2.45, 2.75) is 62.6 Å². The molecule has 0 spiro atoms. The fourth-order valence-electron chi connectivity index (χ4n) is 5.94. The highest BCUT2D eigenvalue weighted by Crippen LogP contribution is 2.54. The molecule has 1 N–H and O–H groups in total. The number of hydrogen-bond acceptors (Lipinski definition) is 5. The molecule has 6 rings (SSSR count). The van der Waals surface area contributed by atoms with Gasteiger partial charge in [0.15, 0.2) is 0 Å². The first kappa shape index (κ1) is 14.2. The van der Waals surface area contributed by atoms with Gasteiger partial charge in [-0.15, -0.1) is 0 Å². The maximum Gasteiger partial charge on any atom is 0.147 e. The maximum atomic E-state index is 9.75. The molecule has 0 aromatic rings. The van der Waals surface area contributed by atoms with Gasteiger partial charge in [-0.1, -0.05) is 0 Å². The highest BCUT2D eigenvalue weighted by molar-refractivity contribution is 4.99. The fourth-order valence-corrected chi connectivity index (χ4v) is 5.94. The van der Waals surface area contributed by atoms with E-state index in [0.717, 1.165) is 23.7 Å². The summed E-state index contributed by atoms with van der Waals surface area (Å²) in [5.74, 6) is 3.47. The van der Waals surface area contributed by atoms with Crippen LogP contribution in [0.2, 0.25) is 0 Å². The zero-order valence-corrected chi connectivity index (χ0v) is 12.9. The Morgan fingerprint density at radius 3 is 2.23 bits per heavy atom. The first-order chi connectivity index (χ1) is 10.8. The molecule has 2 saturated heterocycles. The highest BCUT2D eigenvalue weighted by atomic mass is 16.7. The summed E-state index contributed by atoms with van der Waals surface area (Å²) in [4.78, 5) is 0. The number of fused-ring (bicyclic) bond motifs is 1. The van der Waals surface area contributed by atoms with Gasteiger partial charge < -0.3 is 24.1 Å². The van der Waals surface area contributed by atoms with Crippen LogP contribution >= 0.6 is 0 Å². The van der Waals surface area contributed by atoms with E-state index in [1.54, 1.807) is 0 Å². The lowest BCUT2D eigenvalue weighted by atomic mass is 9.55. The monoisotopic (exact) mass is 310 g/mol. The molecular weight excluding hydrogens is 284 g/mol. The number of aliphatic hydroxyl groups excluding tert-OH is 1. The Kier molecular flexibility index (Phi) is 3.49. The average molecular weight is 310 g/mol. The molecule has 124 valence electrons. The van der Waals surface area contributed by atoms with Crippen LogP contribution in [0.3, 0.4) is 0 Å². The second-order valence-corrected chi connectivity index (χ2v) is 8.05. The van der Waals surface area contributed by atoms with Crippen LogP contribution in [0, 0.1) is 23.7 Å². The summed E-state index contributed by atoms with van der Waals surface area (Å²) < 4.78 is 23.2. The third-order valence-corrected chi connectivity index (χ3v) is 6.66. The third-order valence-electron chi connectivity index (χ3n) is 6.66. The second kappa shape index (κ2) is 5.42. The quantitative estimate of drug-likeness (QED) is 0.794. The van der Waals surface area contributed by atoms with Crippen LogP contribution in [-0.2, 0) is 18.9 Å². The molecule has 4 aliphatic carbocycles. The molecule has 4 atom stereocenters. The second-order valence-electron chi connectivity index (χ2n) is 8.05. The highest BCUT2D eigenvalue weighted by Gasteiger charge is 2.50. The molecular formula is C17H26O5. The number of ether oxygens (including phenoxy) is 4. The Hall–Kier alpha value is -0.200. The minimum atomic E-state index is -0.510. The van der Waals surface area contributed by atoms with Gasteiger partial charge in [-0.3, -0.25) is 0 Å². The molecule has 5 nitrogen and oxygen atoms in total. The molecule has 4 bridgehead atoms. The predicted molar refractivity (Wildman–Crippen MR) is 77.1 cm³/mol.